The first kappa shape index (κ1) is 20.2. The second kappa shape index (κ2) is 10.8. The lowest BCUT2D eigenvalue weighted by Crippen LogP contribution is -2.37. The maximum Gasteiger partial charge on any atom is 0.516 e. The van der Waals surface area contributed by atoms with Crippen molar-refractivity contribution >= 4 is 12.1 Å². The standard InChI is InChI=1S/C19H32O6/c1-3-22-15-10-6-5-9-14(15)13-18(20)25-19(21)24-17-12-8-7-11-16(17)23-4-2/h14-17H,3-13H2,1-2H3. The molecule has 2 fully saturated rings. The molecule has 2 saturated carbocycles. The summed E-state index contributed by atoms with van der Waals surface area (Å²) in [6.45, 7) is 5.10. The van der Waals surface area contributed by atoms with E-state index >= 15 is 0 Å². The highest BCUT2D eigenvalue weighted by Crippen LogP contribution is 2.30. The van der Waals surface area contributed by atoms with Gasteiger partial charge in [0.05, 0.1) is 18.6 Å². The van der Waals surface area contributed by atoms with Gasteiger partial charge in [-0.3, -0.25) is 4.79 Å². The number of esters is 1. The summed E-state index contributed by atoms with van der Waals surface area (Å²) < 4.78 is 21.6. The molecule has 0 radical (unpaired) electrons. The summed E-state index contributed by atoms with van der Waals surface area (Å²) in [5, 5.41) is 0. The fourth-order valence-corrected chi connectivity index (χ4v) is 3.94. The molecule has 25 heavy (non-hydrogen) atoms. The zero-order valence-electron chi connectivity index (χ0n) is 15.5. The zero-order chi connectivity index (χ0) is 18.1. The summed E-state index contributed by atoms with van der Waals surface area (Å²) in [6.07, 6.45) is 6.78. The van der Waals surface area contributed by atoms with Crippen molar-refractivity contribution in [2.24, 2.45) is 5.92 Å². The van der Waals surface area contributed by atoms with E-state index in [2.05, 4.69) is 0 Å². The normalized spacial score (nSPS) is 29.8. The second-order valence-corrected chi connectivity index (χ2v) is 6.90. The molecule has 2 aliphatic carbocycles. The fraction of sp³-hybridized carbons (Fsp3) is 0.895. The highest BCUT2D eigenvalue weighted by Gasteiger charge is 2.32. The first-order valence-corrected chi connectivity index (χ1v) is 9.78. The van der Waals surface area contributed by atoms with E-state index in [1.165, 1.54) is 0 Å². The average Bonchev–Trinajstić information content (AvgIpc) is 2.58. The lowest BCUT2D eigenvalue weighted by Gasteiger charge is -2.31. The minimum absolute atomic E-state index is 0.0861. The molecule has 144 valence electrons. The molecule has 4 atom stereocenters. The third-order valence-corrected chi connectivity index (χ3v) is 5.12. The maximum absolute atomic E-state index is 12.1. The molecule has 0 amide bonds. The summed E-state index contributed by atoms with van der Waals surface area (Å²) in [7, 11) is 0. The summed E-state index contributed by atoms with van der Waals surface area (Å²) in [5.74, 6) is -0.398. The zero-order valence-corrected chi connectivity index (χ0v) is 15.5. The molecule has 6 heteroatoms. The van der Waals surface area contributed by atoms with Crippen molar-refractivity contribution in [1.82, 2.24) is 0 Å². The molecule has 0 spiro atoms. The van der Waals surface area contributed by atoms with Crippen LogP contribution in [0, 0.1) is 5.92 Å². The third-order valence-electron chi connectivity index (χ3n) is 5.12. The van der Waals surface area contributed by atoms with E-state index in [0.29, 0.717) is 13.2 Å². The van der Waals surface area contributed by atoms with Crippen molar-refractivity contribution in [3.63, 3.8) is 0 Å². The van der Waals surface area contributed by atoms with Crippen LogP contribution in [-0.2, 0) is 23.7 Å². The van der Waals surface area contributed by atoms with E-state index in [9.17, 15) is 9.59 Å². The van der Waals surface area contributed by atoms with E-state index in [4.69, 9.17) is 18.9 Å². The lowest BCUT2D eigenvalue weighted by atomic mass is 9.84. The maximum atomic E-state index is 12.1. The van der Waals surface area contributed by atoms with Crippen LogP contribution in [0.1, 0.15) is 71.6 Å². The monoisotopic (exact) mass is 356 g/mol. The molecule has 6 nitrogen and oxygen atoms in total. The van der Waals surface area contributed by atoms with Crippen molar-refractivity contribution in [2.45, 2.75) is 89.9 Å². The fourth-order valence-electron chi connectivity index (χ4n) is 3.94. The van der Waals surface area contributed by atoms with Crippen LogP contribution < -0.4 is 0 Å². The molecule has 0 aliphatic heterocycles. The Bertz CT molecular complexity index is 382. The first-order chi connectivity index (χ1) is 12.1. The number of carbonyl (C=O) groups is 2. The van der Waals surface area contributed by atoms with Gasteiger partial charge >= 0.3 is 12.1 Å². The van der Waals surface area contributed by atoms with Crippen LogP contribution in [-0.4, -0.2) is 43.7 Å². The van der Waals surface area contributed by atoms with E-state index in [1.54, 1.807) is 0 Å². The van der Waals surface area contributed by atoms with Crippen LogP contribution in [0.15, 0.2) is 0 Å². The minimum Gasteiger partial charge on any atom is -0.428 e. The number of hydrogen-bond acceptors (Lipinski definition) is 6. The summed E-state index contributed by atoms with van der Waals surface area (Å²) >= 11 is 0. The molecule has 2 aliphatic rings. The van der Waals surface area contributed by atoms with Crippen molar-refractivity contribution in [3.8, 4) is 0 Å². The van der Waals surface area contributed by atoms with Crippen LogP contribution in [0.25, 0.3) is 0 Å². The highest BCUT2D eigenvalue weighted by atomic mass is 16.7. The van der Waals surface area contributed by atoms with Gasteiger partial charge in [0.2, 0.25) is 0 Å². The SMILES string of the molecule is CCOC1CCCCC1CC(=O)OC(=O)OC1CCCCC1OCC. The van der Waals surface area contributed by atoms with Crippen LogP contribution in [0.2, 0.25) is 0 Å². The lowest BCUT2D eigenvalue weighted by molar-refractivity contribution is -0.146. The Labute approximate surface area is 150 Å². The van der Waals surface area contributed by atoms with Crippen LogP contribution in [0.4, 0.5) is 4.79 Å². The van der Waals surface area contributed by atoms with E-state index in [0.717, 1.165) is 51.4 Å². The van der Waals surface area contributed by atoms with Crippen LogP contribution in [0.3, 0.4) is 0 Å². The van der Waals surface area contributed by atoms with Gasteiger partial charge in [0, 0.05) is 13.2 Å². The molecule has 4 unspecified atom stereocenters. The molecular weight excluding hydrogens is 324 g/mol. The number of hydrogen-bond donors (Lipinski definition) is 0. The molecule has 0 aromatic rings. The van der Waals surface area contributed by atoms with Gasteiger partial charge in [0.1, 0.15) is 6.10 Å². The van der Waals surface area contributed by atoms with Crippen molar-refractivity contribution in [3.05, 3.63) is 0 Å². The Morgan fingerprint density at radius 3 is 2.04 bits per heavy atom. The number of ether oxygens (including phenoxy) is 4. The predicted molar refractivity (Wildman–Crippen MR) is 92.2 cm³/mol. The van der Waals surface area contributed by atoms with Gasteiger partial charge in [-0.25, -0.2) is 4.79 Å². The molecule has 0 heterocycles. The smallest absolute Gasteiger partial charge is 0.428 e. The topological polar surface area (TPSA) is 71.1 Å². The molecule has 2 rings (SSSR count). The predicted octanol–water partition coefficient (Wildman–Crippen LogP) is 4.00. The molecular formula is C19H32O6. The van der Waals surface area contributed by atoms with E-state index in [1.807, 2.05) is 13.8 Å². The number of carbonyl (C=O) groups excluding carboxylic acids is 2. The Kier molecular flexibility index (Phi) is 8.68. The summed E-state index contributed by atoms with van der Waals surface area (Å²) in [5.41, 5.74) is 0. The Morgan fingerprint density at radius 2 is 1.36 bits per heavy atom. The van der Waals surface area contributed by atoms with E-state index in [-0.39, 0.29) is 30.7 Å². The van der Waals surface area contributed by atoms with E-state index < -0.39 is 12.1 Å². The van der Waals surface area contributed by atoms with Gasteiger partial charge in [-0.2, -0.15) is 0 Å². The quantitative estimate of drug-likeness (QED) is 0.507. The van der Waals surface area contributed by atoms with Crippen LogP contribution in [0.5, 0.6) is 0 Å². The summed E-state index contributed by atoms with van der Waals surface area (Å²) in [6, 6.07) is 0. The summed E-state index contributed by atoms with van der Waals surface area (Å²) in [4.78, 5) is 24.1. The molecule has 0 aromatic carbocycles. The van der Waals surface area contributed by atoms with Crippen molar-refractivity contribution in [2.75, 3.05) is 13.2 Å². The number of rotatable bonds is 7. The molecule has 0 bridgehead atoms. The highest BCUT2D eigenvalue weighted by molar-refractivity contribution is 5.82. The Morgan fingerprint density at radius 1 is 0.800 bits per heavy atom. The van der Waals surface area contributed by atoms with Gasteiger partial charge in [0.15, 0.2) is 0 Å². The van der Waals surface area contributed by atoms with Gasteiger partial charge < -0.3 is 18.9 Å². The first-order valence-electron chi connectivity index (χ1n) is 9.78. The second-order valence-electron chi connectivity index (χ2n) is 6.90. The molecule has 0 N–H and O–H groups in total. The Hall–Kier alpha value is -1.14. The van der Waals surface area contributed by atoms with Gasteiger partial charge in [-0.15, -0.1) is 0 Å². The average molecular weight is 356 g/mol. The molecule has 0 aromatic heterocycles. The molecule has 0 saturated heterocycles. The van der Waals surface area contributed by atoms with Gasteiger partial charge in [-0.1, -0.05) is 19.3 Å². The van der Waals surface area contributed by atoms with Gasteiger partial charge in [0.25, 0.3) is 0 Å². The third kappa shape index (κ3) is 6.59. The Balaban J connectivity index is 1.77. The van der Waals surface area contributed by atoms with Gasteiger partial charge in [-0.05, 0) is 51.9 Å². The largest absolute Gasteiger partial charge is 0.516 e. The van der Waals surface area contributed by atoms with Crippen LogP contribution >= 0.6 is 0 Å². The minimum atomic E-state index is -0.898. The van der Waals surface area contributed by atoms with Crippen molar-refractivity contribution in [1.29, 1.82) is 0 Å². The van der Waals surface area contributed by atoms with Crippen molar-refractivity contribution < 1.29 is 28.5 Å².